The first-order valence-electron chi connectivity index (χ1n) is 12.1. The summed E-state index contributed by atoms with van der Waals surface area (Å²) in [5, 5.41) is 0.780. The fourth-order valence-corrected chi connectivity index (χ4v) is 6.32. The van der Waals surface area contributed by atoms with E-state index in [0.29, 0.717) is 48.6 Å². The molecule has 4 aromatic rings. The van der Waals surface area contributed by atoms with Gasteiger partial charge in [0.15, 0.2) is 21.4 Å². The molecule has 5 rings (SSSR count). The Morgan fingerprint density at radius 2 is 1.68 bits per heavy atom. The Morgan fingerprint density at radius 1 is 0.946 bits per heavy atom. The van der Waals surface area contributed by atoms with Crippen LogP contribution in [-0.2, 0) is 15.6 Å². The summed E-state index contributed by atoms with van der Waals surface area (Å²) in [5.41, 5.74) is 2.45. The third kappa shape index (κ3) is 4.99. The van der Waals surface area contributed by atoms with E-state index in [1.807, 2.05) is 36.1 Å². The van der Waals surface area contributed by atoms with Crippen LogP contribution in [0, 0.1) is 6.92 Å². The Hall–Kier alpha value is -3.98. The van der Waals surface area contributed by atoms with E-state index in [-0.39, 0.29) is 16.6 Å². The zero-order valence-electron chi connectivity index (χ0n) is 20.8. The van der Waals surface area contributed by atoms with Crippen molar-refractivity contribution < 1.29 is 17.9 Å². The van der Waals surface area contributed by atoms with Crippen molar-refractivity contribution in [3.05, 3.63) is 89.7 Å². The van der Waals surface area contributed by atoms with E-state index in [9.17, 15) is 13.2 Å². The summed E-state index contributed by atoms with van der Waals surface area (Å²) in [6.45, 7) is 4.25. The third-order valence-electron chi connectivity index (χ3n) is 6.70. The van der Waals surface area contributed by atoms with Gasteiger partial charge in [0, 0.05) is 49.5 Å². The number of nitrogens with zero attached hydrogens (tertiary/aromatic N) is 4. The van der Waals surface area contributed by atoms with Crippen molar-refractivity contribution in [3.8, 4) is 5.75 Å². The third-order valence-corrected chi connectivity index (χ3v) is 8.39. The minimum atomic E-state index is -3.63. The van der Waals surface area contributed by atoms with Crippen LogP contribution >= 0.6 is 0 Å². The highest BCUT2D eigenvalue weighted by atomic mass is 32.2. The summed E-state index contributed by atoms with van der Waals surface area (Å²) < 4.78 is 32.0. The summed E-state index contributed by atoms with van der Waals surface area (Å²) in [6.07, 6.45) is 3.33. The number of carbonyl (C=O) groups excluding carboxylic acids is 1. The molecule has 0 unspecified atom stereocenters. The number of anilines is 1. The van der Waals surface area contributed by atoms with Crippen LogP contribution in [0.1, 0.15) is 21.5 Å². The van der Waals surface area contributed by atoms with E-state index in [1.165, 1.54) is 0 Å². The number of methoxy groups -OCH3 is 1. The molecule has 0 radical (unpaired) electrons. The molecule has 3 heterocycles. The number of ether oxygens (including phenoxy) is 1. The van der Waals surface area contributed by atoms with Crippen molar-refractivity contribution in [2.45, 2.75) is 17.6 Å². The molecule has 37 heavy (non-hydrogen) atoms. The Balaban J connectivity index is 1.29. The molecular weight excluding hydrogens is 488 g/mol. The molecule has 0 spiro atoms. The predicted octanol–water partition coefficient (Wildman–Crippen LogP) is 3.88. The number of fused-ring (bicyclic) bond motifs is 1. The van der Waals surface area contributed by atoms with Crippen molar-refractivity contribution >= 4 is 32.5 Å². The molecule has 0 atom stereocenters. The second-order valence-corrected chi connectivity index (χ2v) is 11.0. The molecule has 2 aromatic carbocycles. The molecule has 190 valence electrons. The zero-order valence-corrected chi connectivity index (χ0v) is 21.6. The summed E-state index contributed by atoms with van der Waals surface area (Å²) in [7, 11) is -2.01. The molecule has 8 nitrogen and oxygen atoms in total. The lowest BCUT2D eigenvalue weighted by Crippen LogP contribution is -2.49. The first-order chi connectivity index (χ1) is 17.9. The maximum Gasteiger partial charge on any atom is 0.253 e. The smallest absolute Gasteiger partial charge is 0.253 e. The quantitative estimate of drug-likeness (QED) is 0.384. The molecular formula is C28H28N4O4S. The second-order valence-electron chi connectivity index (χ2n) is 9.04. The fraction of sp³-hybridized carbons (Fsp3) is 0.250. The number of benzene rings is 2. The normalized spacial score (nSPS) is 14.1. The van der Waals surface area contributed by atoms with E-state index in [0.717, 1.165) is 16.8 Å². The van der Waals surface area contributed by atoms with Gasteiger partial charge in [-0.3, -0.25) is 9.78 Å². The van der Waals surface area contributed by atoms with Crippen LogP contribution in [0.25, 0.3) is 10.9 Å². The van der Waals surface area contributed by atoms with Crippen LogP contribution in [0.3, 0.4) is 0 Å². The van der Waals surface area contributed by atoms with E-state index >= 15 is 0 Å². The molecule has 0 N–H and O–H groups in total. The van der Waals surface area contributed by atoms with Crippen LogP contribution in [-0.4, -0.2) is 62.5 Å². The molecule has 2 aromatic heterocycles. The highest BCUT2D eigenvalue weighted by Gasteiger charge is 2.25. The van der Waals surface area contributed by atoms with Crippen LogP contribution in [0.5, 0.6) is 5.75 Å². The first kappa shape index (κ1) is 24.7. The number of aryl methyl sites for hydroxylation is 1. The number of hydrogen-bond donors (Lipinski definition) is 0. The average molecular weight is 517 g/mol. The van der Waals surface area contributed by atoms with Crippen molar-refractivity contribution in [1.82, 2.24) is 14.9 Å². The largest absolute Gasteiger partial charge is 0.493 e. The highest BCUT2D eigenvalue weighted by Crippen LogP contribution is 2.27. The fourth-order valence-electron chi connectivity index (χ4n) is 4.68. The number of hydrogen-bond acceptors (Lipinski definition) is 7. The van der Waals surface area contributed by atoms with E-state index in [4.69, 9.17) is 4.74 Å². The van der Waals surface area contributed by atoms with Crippen molar-refractivity contribution in [2.75, 3.05) is 38.2 Å². The standard InChI is InChI=1S/C28H28N4O4S/c1-20-18-22(28(33)32-16-14-31(15-17-32)27-24(36-2)8-5-13-30-27)10-11-23(20)19-37(34,35)25-9-3-6-21-7-4-12-29-26(21)25/h3-13,18H,14-17,19H2,1-2H3. The van der Waals surface area contributed by atoms with Crippen LogP contribution < -0.4 is 9.64 Å². The molecule has 1 aliphatic heterocycles. The Labute approximate surface area is 216 Å². The monoisotopic (exact) mass is 516 g/mol. The number of aromatic nitrogens is 2. The van der Waals surface area contributed by atoms with Crippen LogP contribution in [0.2, 0.25) is 0 Å². The molecule has 1 amide bonds. The maximum atomic E-state index is 13.3. The minimum Gasteiger partial charge on any atom is -0.493 e. The number of piperazine rings is 1. The van der Waals surface area contributed by atoms with Gasteiger partial charge in [0.25, 0.3) is 5.91 Å². The van der Waals surface area contributed by atoms with E-state index in [1.54, 1.807) is 55.9 Å². The number of pyridine rings is 2. The van der Waals surface area contributed by atoms with Gasteiger partial charge < -0.3 is 14.5 Å². The zero-order chi connectivity index (χ0) is 26.0. The molecule has 1 saturated heterocycles. The second kappa shape index (κ2) is 10.2. The van der Waals surface area contributed by atoms with Gasteiger partial charge >= 0.3 is 0 Å². The van der Waals surface area contributed by atoms with Gasteiger partial charge in [0.1, 0.15) is 0 Å². The lowest BCUT2D eigenvalue weighted by Gasteiger charge is -2.36. The molecule has 0 saturated carbocycles. The van der Waals surface area contributed by atoms with Gasteiger partial charge in [0.2, 0.25) is 0 Å². The van der Waals surface area contributed by atoms with Gasteiger partial charge in [-0.15, -0.1) is 0 Å². The summed E-state index contributed by atoms with van der Waals surface area (Å²) in [5.74, 6) is 1.26. The molecule has 9 heteroatoms. The lowest BCUT2D eigenvalue weighted by atomic mass is 10.1. The Morgan fingerprint density at radius 3 is 2.43 bits per heavy atom. The van der Waals surface area contributed by atoms with Gasteiger partial charge in [0.05, 0.1) is 23.3 Å². The molecule has 1 aliphatic rings. The summed E-state index contributed by atoms with van der Waals surface area (Å²) >= 11 is 0. The van der Waals surface area contributed by atoms with Gasteiger partial charge in [-0.2, -0.15) is 0 Å². The average Bonchev–Trinajstić information content (AvgIpc) is 2.93. The maximum absolute atomic E-state index is 13.3. The van der Waals surface area contributed by atoms with Crippen molar-refractivity contribution in [2.24, 2.45) is 0 Å². The number of sulfone groups is 1. The van der Waals surface area contributed by atoms with Crippen LogP contribution in [0.4, 0.5) is 5.82 Å². The topological polar surface area (TPSA) is 92.7 Å². The van der Waals surface area contributed by atoms with Crippen LogP contribution in [0.15, 0.2) is 78.0 Å². The SMILES string of the molecule is COc1cccnc1N1CCN(C(=O)c2ccc(CS(=O)(=O)c3cccc4cccnc34)c(C)c2)CC1. The summed E-state index contributed by atoms with van der Waals surface area (Å²) in [6, 6.07) is 17.8. The lowest BCUT2D eigenvalue weighted by molar-refractivity contribution is 0.0746. The highest BCUT2D eigenvalue weighted by molar-refractivity contribution is 7.90. The van der Waals surface area contributed by atoms with Gasteiger partial charge in [-0.25, -0.2) is 13.4 Å². The van der Waals surface area contributed by atoms with Crippen molar-refractivity contribution in [1.29, 1.82) is 0 Å². The first-order valence-corrected chi connectivity index (χ1v) is 13.7. The van der Waals surface area contributed by atoms with Gasteiger partial charge in [-0.1, -0.05) is 24.3 Å². The van der Waals surface area contributed by atoms with E-state index < -0.39 is 9.84 Å². The Kier molecular flexibility index (Phi) is 6.80. The number of amides is 1. The molecule has 1 fully saturated rings. The predicted molar refractivity (Wildman–Crippen MR) is 143 cm³/mol. The van der Waals surface area contributed by atoms with E-state index in [2.05, 4.69) is 14.9 Å². The number of para-hydroxylation sites is 1. The minimum absolute atomic E-state index is 0.0663. The Bertz CT molecular complexity index is 1560. The molecule has 0 bridgehead atoms. The van der Waals surface area contributed by atoms with Gasteiger partial charge in [-0.05, 0) is 54.4 Å². The molecule has 0 aliphatic carbocycles. The summed E-state index contributed by atoms with van der Waals surface area (Å²) in [4.78, 5) is 26.1. The number of rotatable bonds is 6. The number of carbonyl (C=O) groups is 1. The van der Waals surface area contributed by atoms with Crippen molar-refractivity contribution in [3.63, 3.8) is 0 Å².